The zero-order valence-corrected chi connectivity index (χ0v) is 12.6. The van der Waals surface area contributed by atoms with Gasteiger partial charge in [0.1, 0.15) is 5.58 Å². The average Bonchev–Trinajstić information content (AvgIpc) is 2.86. The minimum Gasteiger partial charge on any atom is -0.453 e. The van der Waals surface area contributed by atoms with Crippen LogP contribution in [0.15, 0.2) is 46.9 Å². The van der Waals surface area contributed by atoms with E-state index in [9.17, 15) is 4.79 Å². The zero-order chi connectivity index (χ0) is 15.0. The lowest BCUT2D eigenvalue weighted by atomic mass is 9.95. The number of para-hydroxylation sites is 1. The molecule has 1 heterocycles. The van der Waals surface area contributed by atoms with Gasteiger partial charge in [-0.3, -0.25) is 4.79 Å². The van der Waals surface area contributed by atoms with Crippen LogP contribution in [0, 0.1) is 20.8 Å². The lowest BCUT2D eigenvalue weighted by molar-refractivity contribution is 0.0968. The molecule has 0 aliphatic rings. The molecule has 0 saturated heterocycles. The number of hydrogen-bond acceptors (Lipinski definition) is 2. The van der Waals surface area contributed by atoms with Gasteiger partial charge in [-0.2, -0.15) is 0 Å². The fraction of sp³-hybridized carbons (Fsp3) is 0.211. The van der Waals surface area contributed by atoms with Gasteiger partial charge < -0.3 is 4.42 Å². The highest BCUT2D eigenvalue weighted by Gasteiger charge is 2.15. The van der Waals surface area contributed by atoms with Crippen LogP contribution in [0.2, 0.25) is 0 Å². The minimum atomic E-state index is 0.0289. The molecule has 106 valence electrons. The summed E-state index contributed by atoms with van der Waals surface area (Å²) in [6, 6.07) is 13.8. The van der Waals surface area contributed by atoms with Crippen molar-refractivity contribution in [2.45, 2.75) is 27.2 Å². The fourth-order valence-corrected chi connectivity index (χ4v) is 2.86. The largest absolute Gasteiger partial charge is 0.453 e. The number of hydrogen-bond donors (Lipinski definition) is 0. The van der Waals surface area contributed by atoms with Crippen molar-refractivity contribution in [2.75, 3.05) is 0 Å². The predicted octanol–water partition coefficient (Wildman–Crippen LogP) is 4.78. The molecule has 0 N–H and O–H groups in total. The van der Waals surface area contributed by atoms with Gasteiger partial charge in [0.05, 0.1) is 0 Å². The van der Waals surface area contributed by atoms with Crippen LogP contribution in [-0.4, -0.2) is 5.78 Å². The first-order valence-corrected chi connectivity index (χ1v) is 7.13. The molecule has 0 unspecified atom stereocenters. The fourth-order valence-electron chi connectivity index (χ4n) is 2.86. The number of fused-ring (bicyclic) bond motifs is 1. The van der Waals surface area contributed by atoms with E-state index in [1.165, 1.54) is 5.56 Å². The maximum atomic E-state index is 12.5. The van der Waals surface area contributed by atoms with Crippen molar-refractivity contribution in [2.24, 2.45) is 0 Å². The molecule has 0 bridgehead atoms. The molecule has 21 heavy (non-hydrogen) atoms. The smallest absolute Gasteiger partial charge is 0.202 e. The van der Waals surface area contributed by atoms with Gasteiger partial charge in [0.2, 0.25) is 5.78 Å². The first kappa shape index (κ1) is 13.6. The third-order valence-corrected chi connectivity index (χ3v) is 3.88. The molecule has 3 rings (SSSR count). The van der Waals surface area contributed by atoms with Gasteiger partial charge >= 0.3 is 0 Å². The van der Waals surface area contributed by atoms with Crippen LogP contribution in [0.5, 0.6) is 0 Å². The second-order valence-corrected chi connectivity index (χ2v) is 5.63. The molecule has 0 aliphatic heterocycles. The van der Waals surface area contributed by atoms with Crippen LogP contribution in [-0.2, 0) is 6.42 Å². The van der Waals surface area contributed by atoms with Crippen LogP contribution in [0.25, 0.3) is 11.0 Å². The first-order valence-electron chi connectivity index (χ1n) is 7.13. The molecule has 0 saturated carbocycles. The van der Waals surface area contributed by atoms with E-state index in [4.69, 9.17) is 4.42 Å². The van der Waals surface area contributed by atoms with Crippen molar-refractivity contribution >= 4 is 16.8 Å². The van der Waals surface area contributed by atoms with E-state index in [-0.39, 0.29) is 5.78 Å². The highest BCUT2D eigenvalue weighted by atomic mass is 16.3. The number of ketones is 1. The molecule has 3 aromatic rings. The van der Waals surface area contributed by atoms with Crippen molar-refractivity contribution in [3.05, 3.63) is 70.5 Å². The predicted molar refractivity (Wildman–Crippen MR) is 84.9 cm³/mol. The van der Waals surface area contributed by atoms with Crippen LogP contribution in [0.3, 0.4) is 0 Å². The van der Waals surface area contributed by atoms with Crippen LogP contribution in [0.4, 0.5) is 0 Å². The Labute approximate surface area is 124 Å². The summed E-state index contributed by atoms with van der Waals surface area (Å²) in [5.74, 6) is 0.469. The van der Waals surface area contributed by atoms with Crippen molar-refractivity contribution in [1.29, 1.82) is 0 Å². The molecule has 0 amide bonds. The summed E-state index contributed by atoms with van der Waals surface area (Å²) < 4.78 is 5.66. The second-order valence-electron chi connectivity index (χ2n) is 5.63. The van der Waals surface area contributed by atoms with E-state index in [1.807, 2.05) is 30.3 Å². The van der Waals surface area contributed by atoms with E-state index in [1.54, 1.807) is 0 Å². The molecule has 2 nitrogen and oxygen atoms in total. The Morgan fingerprint density at radius 1 is 1.00 bits per heavy atom. The standard InChI is InChI=1S/C19H18O2/c1-12-8-13(2)16(14(3)9-12)11-17(20)19-10-15-6-4-5-7-18(15)21-19/h4-10H,11H2,1-3H3. The Kier molecular flexibility index (Phi) is 3.38. The highest BCUT2D eigenvalue weighted by molar-refractivity contribution is 5.99. The number of Topliss-reactive ketones (excluding diaryl/α,β-unsaturated/α-hetero) is 1. The van der Waals surface area contributed by atoms with Crippen molar-refractivity contribution < 1.29 is 9.21 Å². The Hall–Kier alpha value is -2.35. The van der Waals surface area contributed by atoms with Gasteiger partial charge in [-0.25, -0.2) is 0 Å². The summed E-state index contributed by atoms with van der Waals surface area (Å²) in [5, 5.41) is 0.971. The number of rotatable bonds is 3. The lowest BCUT2D eigenvalue weighted by Gasteiger charge is -2.09. The maximum absolute atomic E-state index is 12.5. The molecule has 0 aliphatic carbocycles. The van der Waals surface area contributed by atoms with Crippen LogP contribution in [0.1, 0.15) is 32.8 Å². The summed E-state index contributed by atoms with van der Waals surface area (Å²) in [6.07, 6.45) is 0.387. The Morgan fingerprint density at radius 3 is 2.33 bits per heavy atom. The summed E-state index contributed by atoms with van der Waals surface area (Å²) in [5.41, 5.74) is 5.42. The Morgan fingerprint density at radius 2 is 1.67 bits per heavy atom. The van der Waals surface area contributed by atoms with E-state index < -0.39 is 0 Å². The van der Waals surface area contributed by atoms with Gasteiger partial charge in [-0.1, -0.05) is 35.9 Å². The Bertz CT molecular complexity index is 768. The molecule has 1 aromatic heterocycles. The SMILES string of the molecule is Cc1cc(C)c(CC(=O)c2cc3ccccc3o2)c(C)c1. The molecular weight excluding hydrogens is 260 g/mol. The van der Waals surface area contributed by atoms with Crippen molar-refractivity contribution in [1.82, 2.24) is 0 Å². The van der Waals surface area contributed by atoms with Crippen LogP contribution >= 0.6 is 0 Å². The van der Waals surface area contributed by atoms with Gasteiger partial charge in [-0.15, -0.1) is 0 Å². The monoisotopic (exact) mass is 278 g/mol. The quantitative estimate of drug-likeness (QED) is 0.645. The first-order chi connectivity index (χ1) is 10.0. The molecule has 2 heteroatoms. The molecule has 2 aromatic carbocycles. The van der Waals surface area contributed by atoms with Gasteiger partial charge in [0, 0.05) is 11.8 Å². The molecule has 0 fully saturated rings. The highest BCUT2D eigenvalue weighted by Crippen LogP contribution is 2.22. The summed E-state index contributed by atoms with van der Waals surface area (Å²) >= 11 is 0. The molecular formula is C19H18O2. The van der Waals surface area contributed by atoms with Gasteiger partial charge in [0.25, 0.3) is 0 Å². The zero-order valence-electron chi connectivity index (χ0n) is 12.6. The van der Waals surface area contributed by atoms with E-state index >= 15 is 0 Å². The summed E-state index contributed by atoms with van der Waals surface area (Å²) in [7, 11) is 0. The summed E-state index contributed by atoms with van der Waals surface area (Å²) in [6.45, 7) is 6.19. The molecule has 0 spiro atoms. The van der Waals surface area contributed by atoms with Crippen molar-refractivity contribution in [3.63, 3.8) is 0 Å². The van der Waals surface area contributed by atoms with Crippen LogP contribution < -0.4 is 0 Å². The second kappa shape index (κ2) is 5.21. The third-order valence-electron chi connectivity index (χ3n) is 3.88. The topological polar surface area (TPSA) is 30.2 Å². The normalized spacial score (nSPS) is 11.0. The number of aryl methyl sites for hydroxylation is 3. The number of benzene rings is 2. The summed E-state index contributed by atoms with van der Waals surface area (Å²) in [4.78, 5) is 12.5. The van der Waals surface area contributed by atoms with Crippen molar-refractivity contribution in [3.8, 4) is 0 Å². The van der Waals surface area contributed by atoms with Gasteiger partial charge in [0.15, 0.2) is 5.76 Å². The lowest BCUT2D eigenvalue weighted by Crippen LogP contribution is -2.06. The number of carbonyl (C=O) groups is 1. The molecule has 0 radical (unpaired) electrons. The molecule has 0 atom stereocenters. The maximum Gasteiger partial charge on any atom is 0.202 e. The van der Waals surface area contributed by atoms with E-state index in [0.717, 1.165) is 27.7 Å². The number of carbonyl (C=O) groups excluding carboxylic acids is 1. The van der Waals surface area contributed by atoms with E-state index in [2.05, 4.69) is 32.9 Å². The Balaban J connectivity index is 1.93. The van der Waals surface area contributed by atoms with Gasteiger partial charge in [-0.05, 0) is 49.6 Å². The minimum absolute atomic E-state index is 0.0289. The number of furan rings is 1. The average molecular weight is 278 g/mol. The third kappa shape index (κ3) is 2.62. The van der Waals surface area contributed by atoms with E-state index in [0.29, 0.717) is 12.2 Å².